The van der Waals surface area contributed by atoms with E-state index in [1.165, 1.54) is 0 Å². The highest BCUT2D eigenvalue weighted by Gasteiger charge is 2.37. The van der Waals surface area contributed by atoms with Crippen molar-refractivity contribution in [2.24, 2.45) is 0 Å². The lowest BCUT2D eigenvalue weighted by Gasteiger charge is -2.37. The molecule has 2 rings (SSSR count). The Morgan fingerprint density at radius 3 is 2.81 bits per heavy atom. The first kappa shape index (κ1) is 12.3. The number of aliphatic hydroxyl groups is 1. The number of rotatable bonds is 1. The van der Waals surface area contributed by atoms with Crippen molar-refractivity contribution in [1.29, 1.82) is 0 Å². The van der Waals surface area contributed by atoms with Gasteiger partial charge in [0.25, 0.3) is 0 Å². The van der Waals surface area contributed by atoms with Crippen LogP contribution in [0.1, 0.15) is 31.1 Å². The second-order valence-corrected chi connectivity index (χ2v) is 6.92. The predicted molar refractivity (Wildman–Crippen MR) is 71.0 cm³/mol. The highest BCUT2D eigenvalue weighted by atomic mass is 79.9. The molecule has 1 aromatic rings. The molecular weight excluding hydrogens is 288 g/mol. The Morgan fingerprint density at radius 2 is 2.19 bits per heavy atom. The lowest BCUT2D eigenvalue weighted by Crippen LogP contribution is -2.30. The molecule has 0 radical (unpaired) electrons. The molecule has 1 unspecified atom stereocenters. The van der Waals surface area contributed by atoms with Gasteiger partial charge in [-0.15, -0.1) is 11.8 Å². The van der Waals surface area contributed by atoms with Crippen LogP contribution in [0, 0.1) is 0 Å². The summed E-state index contributed by atoms with van der Waals surface area (Å²) in [5, 5.41) is 10.4. The molecule has 88 valence electrons. The number of aliphatic hydroxyl groups excluding tert-OH is 1. The van der Waals surface area contributed by atoms with Gasteiger partial charge >= 0.3 is 0 Å². The van der Waals surface area contributed by atoms with Gasteiger partial charge in [-0.1, -0.05) is 15.9 Å². The highest BCUT2D eigenvalue weighted by Crippen LogP contribution is 2.50. The van der Waals surface area contributed by atoms with Crippen LogP contribution in [0.4, 0.5) is 0 Å². The fraction of sp³-hybridized carbons (Fsp3) is 0.500. The van der Waals surface area contributed by atoms with E-state index in [9.17, 15) is 5.11 Å². The predicted octanol–water partition coefficient (Wildman–Crippen LogP) is 3.52. The molecule has 0 amide bonds. The number of halogens is 1. The first-order chi connectivity index (χ1) is 7.47. The van der Waals surface area contributed by atoms with E-state index in [2.05, 4.69) is 29.8 Å². The monoisotopic (exact) mass is 302 g/mol. The second-order valence-electron chi connectivity index (χ2n) is 4.44. The molecule has 2 nitrogen and oxygen atoms in total. The summed E-state index contributed by atoms with van der Waals surface area (Å²) in [7, 11) is 1.67. The van der Waals surface area contributed by atoms with Crippen molar-refractivity contribution in [3.63, 3.8) is 0 Å². The maximum absolute atomic E-state index is 10.4. The van der Waals surface area contributed by atoms with Gasteiger partial charge in [-0.3, -0.25) is 0 Å². The van der Waals surface area contributed by atoms with Gasteiger partial charge in [-0.2, -0.15) is 0 Å². The van der Waals surface area contributed by atoms with Crippen LogP contribution in [-0.2, 0) is 5.75 Å². The van der Waals surface area contributed by atoms with Crippen molar-refractivity contribution in [1.82, 2.24) is 0 Å². The molecule has 1 atom stereocenters. The summed E-state index contributed by atoms with van der Waals surface area (Å²) in [5.41, 5.74) is 2.08. The molecule has 0 saturated carbocycles. The van der Waals surface area contributed by atoms with Crippen LogP contribution in [0.15, 0.2) is 16.6 Å². The minimum absolute atomic E-state index is 0.151. The van der Waals surface area contributed by atoms with Crippen LogP contribution in [0.3, 0.4) is 0 Å². The first-order valence-electron chi connectivity index (χ1n) is 5.14. The molecule has 1 aromatic carbocycles. The maximum atomic E-state index is 10.4. The second kappa shape index (κ2) is 4.24. The molecular formula is C12H15BrO2S. The molecule has 1 heterocycles. The van der Waals surface area contributed by atoms with E-state index >= 15 is 0 Å². The van der Waals surface area contributed by atoms with Gasteiger partial charge < -0.3 is 9.84 Å². The Kier molecular flexibility index (Phi) is 3.25. The topological polar surface area (TPSA) is 29.5 Å². The largest absolute Gasteiger partial charge is 0.496 e. The van der Waals surface area contributed by atoms with Crippen LogP contribution < -0.4 is 4.74 Å². The zero-order chi connectivity index (χ0) is 11.9. The van der Waals surface area contributed by atoms with Gasteiger partial charge in [0.15, 0.2) is 0 Å². The van der Waals surface area contributed by atoms with E-state index in [1.807, 2.05) is 12.1 Å². The van der Waals surface area contributed by atoms with Gasteiger partial charge in [0.2, 0.25) is 0 Å². The third kappa shape index (κ3) is 1.87. The fourth-order valence-corrected chi connectivity index (χ4v) is 3.61. The summed E-state index contributed by atoms with van der Waals surface area (Å²) in [6.07, 6.45) is -0.467. The summed E-state index contributed by atoms with van der Waals surface area (Å²) >= 11 is 5.27. The van der Waals surface area contributed by atoms with Crippen LogP contribution in [0.2, 0.25) is 0 Å². The molecule has 0 fully saturated rings. The lowest BCUT2D eigenvalue weighted by atomic mass is 9.93. The van der Waals surface area contributed by atoms with Crippen LogP contribution in [-0.4, -0.2) is 17.0 Å². The molecule has 16 heavy (non-hydrogen) atoms. The van der Waals surface area contributed by atoms with Crippen molar-refractivity contribution in [2.75, 3.05) is 7.11 Å². The summed E-state index contributed by atoms with van der Waals surface area (Å²) in [5.74, 6) is 1.74. The summed E-state index contributed by atoms with van der Waals surface area (Å²) in [6.45, 7) is 4.13. The lowest BCUT2D eigenvalue weighted by molar-refractivity contribution is 0.140. The number of benzene rings is 1. The van der Waals surface area contributed by atoms with Crippen molar-refractivity contribution in [3.05, 3.63) is 27.7 Å². The van der Waals surface area contributed by atoms with Crippen molar-refractivity contribution >= 4 is 27.7 Å². The maximum Gasteiger partial charge on any atom is 0.123 e. The molecule has 0 bridgehead atoms. The summed E-state index contributed by atoms with van der Waals surface area (Å²) in [6, 6.07) is 3.88. The van der Waals surface area contributed by atoms with Gasteiger partial charge in [-0.25, -0.2) is 0 Å². The number of methoxy groups -OCH3 is 1. The molecule has 0 saturated heterocycles. The minimum Gasteiger partial charge on any atom is -0.496 e. The number of thioether (sulfide) groups is 1. The standard InChI is InChI=1S/C12H15BrO2S/c1-12(2)11(14)10-7(6-16-12)9(15-3)5-4-8(10)13/h4-5,11,14H,6H2,1-3H3. The van der Waals surface area contributed by atoms with Crippen molar-refractivity contribution < 1.29 is 9.84 Å². The summed E-state index contributed by atoms with van der Waals surface area (Å²) < 4.78 is 6.15. The van der Waals surface area contributed by atoms with Crippen molar-refractivity contribution in [3.8, 4) is 5.75 Å². The van der Waals surface area contributed by atoms with E-state index in [-0.39, 0.29) is 4.75 Å². The average molecular weight is 303 g/mol. The Hall–Kier alpha value is -0.190. The number of ether oxygens (including phenoxy) is 1. The number of hydrogen-bond acceptors (Lipinski definition) is 3. The quantitative estimate of drug-likeness (QED) is 0.861. The Morgan fingerprint density at radius 1 is 1.50 bits per heavy atom. The normalized spacial score (nSPS) is 22.7. The Balaban J connectivity index is 2.59. The third-order valence-electron chi connectivity index (χ3n) is 3.00. The van der Waals surface area contributed by atoms with E-state index in [0.29, 0.717) is 0 Å². The summed E-state index contributed by atoms with van der Waals surface area (Å²) in [4.78, 5) is 0. The van der Waals surface area contributed by atoms with Gasteiger partial charge in [0, 0.05) is 26.1 Å². The van der Waals surface area contributed by atoms with Gasteiger partial charge in [0.05, 0.1) is 13.2 Å². The van der Waals surface area contributed by atoms with Crippen LogP contribution in [0.25, 0.3) is 0 Å². The number of hydrogen-bond donors (Lipinski definition) is 1. The smallest absolute Gasteiger partial charge is 0.123 e. The van der Waals surface area contributed by atoms with E-state index < -0.39 is 6.10 Å². The van der Waals surface area contributed by atoms with Crippen LogP contribution >= 0.6 is 27.7 Å². The fourth-order valence-electron chi connectivity index (χ4n) is 1.94. The SMILES string of the molecule is COc1ccc(Br)c2c1CSC(C)(C)C2O. The molecule has 0 aromatic heterocycles. The van der Waals surface area contributed by atoms with Gasteiger partial charge in [-0.05, 0) is 26.0 Å². The Bertz CT molecular complexity index is 418. The highest BCUT2D eigenvalue weighted by molar-refractivity contribution is 9.10. The first-order valence-corrected chi connectivity index (χ1v) is 6.92. The van der Waals surface area contributed by atoms with E-state index in [0.717, 1.165) is 27.1 Å². The zero-order valence-electron chi connectivity index (χ0n) is 9.58. The molecule has 4 heteroatoms. The molecule has 0 spiro atoms. The molecule has 1 aliphatic heterocycles. The Labute approximate surface area is 109 Å². The number of fused-ring (bicyclic) bond motifs is 1. The van der Waals surface area contributed by atoms with E-state index in [1.54, 1.807) is 18.9 Å². The van der Waals surface area contributed by atoms with Crippen LogP contribution in [0.5, 0.6) is 5.75 Å². The third-order valence-corrected chi connectivity index (χ3v) is 5.09. The molecule has 1 aliphatic rings. The minimum atomic E-state index is -0.467. The molecule has 1 N–H and O–H groups in total. The van der Waals surface area contributed by atoms with Gasteiger partial charge in [0.1, 0.15) is 5.75 Å². The molecule has 0 aliphatic carbocycles. The average Bonchev–Trinajstić information content (AvgIpc) is 2.24. The van der Waals surface area contributed by atoms with E-state index in [4.69, 9.17) is 4.74 Å². The zero-order valence-corrected chi connectivity index (χ0v) is 12.0. The van der Waals surface area contributed by atoms with Crippen molar-refractivity contribution in [2.45, 2.75) is 30.5 Å².